The monoisotopic (exact) mass is 1900 g/mol. The Hall–Kier alpha value is -11.2. The number of alkyl halides is 1. The number of nitrogens with two attached hydrogens (primary N) is 1. The minimum atomic E-state index is -3.91. The van der Waals surface area contributed by atoms with Crippen LogP contribution in [0.3, 0.4) is 0 Å². The number of aromatic amines is 3. The number of hydrogen-bond donors (Lipinski definition) is 9. The van der Waals surface area contributed by atoms with Crippen LogP contribution in [-0.4, -0.2) is 139 Å². The number of H-pyrrole nitrogens is 3. The summed E-state index contributed by atoms with van der Waals surface area (Å²) in [6.45, 7) is 11.6. The molecule has 0 unspecified atom stereocenters. The zero-order valence-electron chi connectivity index (χ0n) is 69.1. The number of anilines is 4. The third kappa shape index (κ3) is 24.0. The number of carboxylic acids is 1. The van der Waals surface area contributed by atoms with Crippen molar-refractivity contribution in [2.75, 3.05) is 28.8 Å². The molecule has 5 fully saturated rings. The molecule has 10 N–H and O–H groups in total. The SMILES string of the molecule is C.Cc1ccc(S(=O)(=O)n2ccc3c(B4OC(C)(C)C(C)(C)O4)cc(NC(=O)C4CC4)nc32)cc1.Cc1ccc(S(=O)(=O)n2ccc3c(Cl)cc(NC(=O)C4CC4)nc32)cc1.Clc1ccnc2[nH]ccc12.Nc1cc(Cl)c2cc[nH]c2n1.O=C(Cl)C1CC1.O=C(Nc1cc(Cl)c2cc[nH]c2n1)C1CC1.O=C(O)c1cccc(Cl)c1.On1ccc(Cl)c2ccnc1-2.[2H]CF. The maximum Gasteiger partial charge on any atom is 0.495 e. The number of carbonyl (C=O) groups is 5. The lowest BCUT2D eigenvalue weighted by atomic mass is 9.77. The average molecular weight is 1910 g/mol. The van der Waals surface area contributed by atoms with Gasteiger partial charge in [0.05, 0.1) is 60.2 Å². The number of pyridine rings is 6. The quantitative estimate of drug-likeness (QED) is 0.0294. The van der Waals surface area contributed by atoms with Crippen LogP contribution >= 0.6 is 81.2 Å². The second-order valence-corrected chi connectivity index (χ2v) is 36.9. The maximum atomic E-state index is 13.5. The Kier molecular flexibility index (Phi) is 30.8. The molecule has 3 aliphatic heterocycles. The summed E-state index contributed by atoms with van der Waals surface area (Å²) in [6.07, 6.45) is 20.4. The molecule has 0 atom stereocenters. The highest BCUT2D eigenvalue weighted by molar-refractivity contribution is 7.90. The van der Waals surface area contributed by atoms with Gasteiger partial charge in [0.25, 0.3) is 20.0 Å². The first-order valence-electron chi connectivity index (χ1n) is 39.6. The topological polar surface area (TPSA) is 414 Å². The molecule has 3 aromatic carbocycles. The van der Waals surface area contributed by atoms with E-state index in [1.807, 2.05) is 65.9 Å². The number of nitrogen functional groups attached to an aromatic ring is 1. The van der Waals surface area contributed by atoms with Crippen molar-refractivity contribution >= 4 is 221 Å². The number of aromatic nitrogens is 12. The minimum absolute atomic E-state index is 0. The molecule has 0 radical (unpaired) electrons. The predicted octanol–water partition coefficient (Wildman–Crippen LogP) is 19.7. The molecule has 29 nitrogen and oxygen atoms in total. The molecule has 40 heteroatoms. The van der Waals surface area contributed by atoms with Crippen LogP contribution in [-0.2, 0) is 48.5 Å². The Morgan fingerprint density at radius 3 is 1.41 bits per heavy atom. The number of carboxylic acid groups (broad SMARTS) is 1. The van der Waals surface area contributed by atoms with Crippen LogP contribution in [0.15, 0.2) is 205 Å². The van der Waals surface area contributed by atoms with Gasteiger partial charge in [-0.1, -0.05) is 118 Å². The van der Waals surface area contributed by atoms with Crippen LogP contribution < -0.4 is 27.1 Å². The lowest BCUT2D eigenvalue weighted by Gasteiger charge is -2.32. The van der Waals surface area contributed by atoms with Crippen molar-refractivity contribution < 1.29 is 66.2 Å². The maximum absolute atomic E-state index is 13.5. The number of rotatable bonds is 13. The van der Waals surface area contributed by atoms with Crippen molar-refractivity contribution in [2.45, 2.75) is 121 Å². The third-order valence-corrected chi connectivity index (χ3v) is 25.9. The number of fused-ring (bicyclic) bond motifs is 6. The Morgan fingerprint density at radius 2 is 0.961 bits per heavy atom. The van der Waals surface area contributed by atoms with Crippen molar-refractivity contribution in [3.05, 3.63) is 242 Å². The molecule has 4 saturated carbocycles. The fourth-order valence-electron chi connectivity index (χ4n) is 12.1. The molecule has 3 amide bonds. The number of carbonyl (C=O) groups excluding carboxylic acids is 4. The largest absolute Gasteiger partial charge is 0.495 e. The van der Waals surface area contributed by atoms with Crippen molar-refractivity contribution in [3.8, 4) is 11.4 Å². The lowest BCUT2D eigenvalue weighted by Crippen LogP contribution is -2.41. The number of nitrogens with one attached hydrogen (secondary N) is 6. The normalized spacial score (nSPS) is 14.7. The minimum Gasteiger partial charge on any atom is -0.478 e. The van der Waals surface area contributed by atoms with E-state index in [1.165, 1.54) is 36.8 Å². The molecule has 13 heterocycles. The number of benzene rings is 3. The van der Waals surface area contributed by atoms with Gasteiger partial charge in [-0.2, -0.15) is 4.73 Å². The van der Waals surface area contributed by atoms with Gasteiger partial charge in [-0.3, -0.25) is 23.6 Å². The van der Waals surface area contributed by atoms with Gasteiger partial charge in [0.2, 0.25) is 23.0 Å². The molecule has 4 aliphatic carbocycles. The summed E-state index contributed by atoms with van der Waals surface area (Å²) in [4.78, 5) is 90.6. The van der Waals surface area contributed by atoms with Crippen LogP contribution in [0.4, 0.5) is 27.7 Å². The lowest BCUT2D eigenvalue weighted by molar-refractivity contribution is -0.118. The summed E-state index contributed by atoms with van der Waals surface area (Å²) in [5.74, 6) is 1.17. The number of aryl methyl sites for hydroxylation is 2. The molecule has 1 saturated heterocycles. The third-order valence-electron chi connectivity index (χ3n) is 20.4. The average Bonchev–Trinajstić information content (AvgIpc) is 1.60. The summed E-state index contributed by atoms with van der Waals surface area (Å²) in [7, 11) is -9.48. The van der Waals surface area contributed by atoms with Gasteiger partial charge in [-0.25, -0.2) is 59.5 Å². The number of amides is 3. The van der Waals surface area contributed by atoms with Crippen molar-refractivity contribution in [1.82, 2.24) is 57.5 Å². The summed E-state index contributed by atoms with van der Waals surface area (Å²) in [6, 6.07) is 40.0. The van der Waals surface area contributed by atoms with Crippen molar-refractivity contribution in [3.63, 3.8) is 0 Å². The number of aromatic carboxylic acids is 1. The molecular weight excluding hydrogens is 1820 g/mol. The first kappa shape index (κ1) is 94.9. The van der Waals surface area contributed by atoms with Crippen molar-refractivity contribution in [1.29, 1.82) is 0 Å². The van der Waals surface area contributed by atoms with E-state index in [4.69, 9.17) is 103 Å². The molecular formula is C87H87BCl7FN16O13S2. The standard InChI is InChI=1S/C24H28BN3O5S.C18H16ClN3O3S.C11H10ClN3O.C7H6ClN3.C7H5ClN2O.C7H5ClN2.C7H5ClO2.C4H5ClO.CH3F.CH4/c1-15-6-10-17(11-7-15)34(30,31)28-13-12-18-19(25-32-23(2,3)24(4,5)33-25)14-20(26-21(18)28)27-22(29)16-8-9-16;1-11-2-6-13(7-3-11)26(24,25)22-9-8-14-15(19)10-16(20-17(14)22)21-18(23)12-4-5-12;12-8-5-9(15-11(16)6-1-2-6)14-10-7(8)3-4-13-10;8-5-3-6(9)11-7-4(5)1-2-10-7;8-6-2-4-10(11)7-5(6)1-3-9-7;8-6-2-4-10-7-5(6)1-3-9-7;8-6-3-1-2-5(4-6)7(9)10;5-4(6)3-1-2-3;1-2;/h6-7,10-14,16H,8-9H2,1-5H3,(H,26,27,29);2-3,6-10,12H,4-5H2,1H3,(H,20,21,23);3-6H,1-2H2,(H2,13,14,15,16);1-3H,(H3,9,10,11);1-4,11H;2*1-4H,(H,9,10);3H,1-2H2;1H3;1H4/i;;;;;;;;1D;. The van der Waals surface area contributed by atoms with E-state index in [9.17, 15) is 50.4 Å². The van der Waals surface area contributed by atoms with Crippen LogP contribution in [0.5, 0.6) is 0 Å². The fraction of sp³-hybridized carbons (Fsp3) is 0.253. The highest BCUT2D eigenvalue weighted by Gasteiger charge is 2.52. The Labute approximate surface area is 766 Å². The van der Waals surface area contributed by atoms with E-state index in [0.717, 1.165) is 113 Å². The molecule has 13 aromatic rings. The van der Waals surface area contributed by atoms with Crippen LogP contribution in [0.1, 0.15) is 109 Å². The van der Waals surface area contributed by atoms with E-state index < -0.39 is 51.5 Å². The molecule has 0 spiro atoms. The second kappa shape index (κ2) is 41.3. The van der Waals surface area contributed by atoms with Gasteiger partial charge in [0, 0.05) is 123 Å². The molecule has 7 aliphatic rings. The number of halogens is 8. The summed E-state index contributed by atoms with van der Waals surface area (Å²) in [5.41, 5.74) is 10.5. The molecule has 10 aromatic heterocycles. The summed E-state index contributed by atoms with van der Waals surface area (Å²) >= 11 is 40.4. The predicted molar refractivity (Wildman–Crippen MR) is 496 cm³/mol. The Bertz CT molecular complexity index is 6700. The summed E-state index contributed by atoms with van der Waals surface area (Å²) < 4.78 is 84.1. The van der Waals surface area contributed by atoms with Gasteiger partial charge >= 0.3 is 13.1 Å². The summed E-state index contributed by atoms with van der Waals surface area (Å²) in [5, 5.41) is 33.0. The van der Waals surface area contributed by atoms with E-state index >= 15 is 0 Å². The highest BCUT2D eigenvalue weighted by atomic mass is 35.5. The molecule has 127 heavy (non-hydrogen) atoms. The molecule has 664 valence electrons. The molecule has 20 rings (SSSR count). The van der Waals surface area contributed by atoms with Crippen molar-refractivity contribution in [2.24, 2.45) is 23.7 Å². The van der Waals surface area contributed by atoms with Crippen LogP contribution in [0.2, 0.25) is 30.1 Å². The second-order valence-electron chi connectivity index (χ2n) is 30.4. The van der Waals surface area contributed by atoms with Crippen LogP contribution in [0.25, 0.3) is 66.6 Å². The first-order chi connectivity index (χ1) is 60.3. The van der Waals surface area contributed by atoms with E-state index in [0.29, 0.717) is 64.5 Å². The zero-order valence-corrected chi connectivity index (χ0v) is 75.0. The van der Waals surface area contributed by atoms with E-state index in [1.54, 1.807) is 134 Å². The first-order valence-corrected chi connectivity index (χ1v) is 44.4. The Balaban J connectivity index is 0.000000149. The van der Waals surface area contributed by atoms with E-state index in [-0.39, 0.29) is 92.3 Å². The zero-order chi connectivity index (χ0) is 91.6. The molecule has 0 bridgehead atoms. The number of nitrogens with zero attached hydrogens (tertiary/aromatic N) is 9. The highest BCUT2D eigenvalue weighted by Crippen LogP contribution is 2.40. The Morgan fingerprint density at radius 1 is 0.528 bits per heavy atom. The number of hydrogen-bond acceptors (Lipinski definition) is 19. The van der Waals surface area contributed by atoms with E-state index in [2.05, 4.69) is 60.8 Å². The van der Waals surface area contributed by atoms with Gasteiger partial charge in [0.1, 0.15) is 40.2 Å². The van der Waals surface area contributed by atoms with Gasteiger partial charge < -0.3 is 56.3 Å². The smallest absolute Gasteiger partial charge is 0.478 e. The van der Waals surface area contributed by atoms with Gasteiger partial charge in [-0.05, 0) is 213 Å². The van der Waals surface area contributed by atoms with Gasteiger partial charge in [-0.15, -0.1) is 0 Å². The van der Waals surface area contributed by atoms with Crippen LogP contribution in [0, 0.1) is 37.5 Å². The fourth-order valence-corrected chi connectivity index (χ4v) is 16.3. The van der Waals surface area contributed by atoms with Gasteiger partial charge in [0.15, 0.2) is 17.1 Å².